The van der Waals surface area contributed by atoms with Crippen LogP contribution in [0.4, 0.5) is 0 Å². The van der Waals surface area contributed by atoms with Gasteiger partial charge in [0, 0.05) is 0 Å². The van der Waals surface area contributed by atoms with E-state index in [0.717, 1.165) is 5.56 Å². The van der Waals surface area contributed by atoms with Crippen molar-refractivity contribution in [1.82, 2.24) is 0 Å². The Bertz CT molecular complexity index is 271. The number of benzene rings is 1. The summed E-state index contributed by atoms with van der Waals surface area (Å²) in [4.78, 5) is 0. The highest BCUT2D eigenvalue weighted by molar-refractivity contribution is 5.31. The van der Waals surface area contributed by atoms with Gasteiger partial charge < -0.3 is 10.8 Å². The fraction of sp³-hybridized carbons (Fsp3) is 0.400. The molecule has 66 valence electrons. The van der Waals surface area contributed by atoms with Crippen molar-refractivity contribution in [3.8, 4) is 0 Å². The van der Waals surface area contributed by atoms with Crippen molar-refractivity contribution in [2.24, 2.45) is 5.73 Å². The van der Waals surface area contributed by atoms with Gasteiger partial charge >= 0.3 is 0 Å². The molecule has 0 heterocycles. The second kappa shape index (κ2) is 3.70. The van der Waals surface area contributed by atoms with Gasteiger partial charge in [0.2, 0.25) is 0 Å². The van der Waals surface area contributed by atoms with E-state index in [1.165, 1.54) is 11.1 Å². The van der Waals surface area contributed by atoms with Gasteiger partial charge in [0.15, 0.2) is 0 Å². The van der Waals surface area contributed by atoms with Crippen LogP contribution in [0.3, 0.4) is 0 Å². The topological polar surface area (TPSA) is 46.2 Å². The van der Waals surface area contributed by atoms with Crippen LogP contribution in [0, 0.1) is 13.8 Å². The number of nitrogens with two attached hydrogens (primary N) is 1. The zero-order chi connectivity index (χ0) is 9.14. The first kappa shape index (κ1) is 9.23. The van der Waals surface area contributed by atoms with Crippen LogP contribution in [-0.4, -0.2) is 11.7 Å². The van der Waals surface area contributed by atoms with E-state index in [4.69, 9.17) is 10.8 Å². The van der Waals surface area contributed by atoms with Crippen LogP contribution < -0.4 is 5.73 Å². The third-order valence-electron chi connectivity index (χ3n) is 2.16. The lowest BCUT2D eigenvalue weighted by Gasteiger charge is -2.10. The minimum absolute atomic E-state index is 0.00248. The van der Waals surface area contributed by atoms with E-state index in [1.54, 1.807) is 0 Å². The first-order valence-corrected chi connectivity index (χ1v) is 4.08. The molecule has 1 aromatic carbocycles. The highest BCUT2D eigenvalue weighted by Crippen LogP contribution is 2.14. The summed E-state index contributed by atoms with van der Waals surface area (Å²) in [5, 5.41) is 8.82. The summed E-state index contributed by atoms with van der Waals surface area (Å²) in [5.41, 5.74) is 9.14. The van der Waals surface area contributed by atoms with Gasteiger partial charge in [-0.3, -0.25) is 0 Å². The van der Waals surface area contributed by atoms with Crippen LogP contribution in [0.2, 0.25) is 0 Å². The Labute approximate surface area is 73.0 Å². The number of hydrogen-bond donors (Lipinski definition) is 2. The summed E-state index contributed by atoms with van der Waals surface area (Å²) in [6.07, 6.45) is 0. The van der Waals surface area contributed by atoms with Crippen molar-refractivity contribution in [2.45, 2.75) is 19.9 Å². The predicted octanol–water partition coefficient (Wildman–Crippen LogP) is 1.30. The van der Waals surface area contributed by atoms with Crippen LogP contribution in [0.15, 0.2) is 18.2 Å². The first-order valence-electron chi connectivity index (χ1n) is 4.08. The van der Waals surface area contributed by atoms with Gasteiger partial charge in [-0.25, -0.2) is 0 Å². The van der Waals surface area contributed by atoms with Crippen molar-refractivity contribution in [3.63, 3.8) is 0 Å². The normalized spacial score (nSPS) is 13.0. The quantitative estimate of drug-likeness (QED) is 0.693. The second-order valence-corrected chi connectivity index (χ2v) is 3.13. The number of aliphatic hydroxyl groups excluding tert-OH is 1. The number of aryl methyl sites for hydroxylation is 2. The standard InChI is InChI=1S/C10H15NO/c1-7-3-4-9(5-8(7)2)10(11)6-12/h3-5,10,12H,6,11H2,1-2H3. The molecule has 0 saturated heterocycles. The summed E-state index contributed by atoms with van der Waals surface area (Å²) in [7, 11) is 0. The van der Waals surface area contributed by atoms with Gasteiger partial charge in [-0.2, -0.15) is 0 Å². The monoisotopic (exact) mass is 165 g/mol. The molecule has 1 rings (SSSR count). The molecule has 2 nitrogen and oxygen atoms in total. The number of hydrogen-bond acceptors (Lipinski definition) is 2. The Balaban J connectivity index is 2.96. The molecule has 0 bridgehead atoms. The van der Waals surface area contributed by atoms with E-state index in [2.05, 4.69) is 6.92 Å². The molecule has 0 aliphatic rings. The van der Waals surface area contributed by atoms with E-state index in [0.29, 0.717) is 0 Å². The largest absolute Gasteiger partial charge is 0.394 e. The highest BCUT2D eigenvalue weighted by atomic mass is 16.3. The van der Waals surface area contributed by atoms with Gasteiger partial charge in [-0.15, -0.1) is 0 Å². The van der Waals surface area contributed by atoms with Gasteiger partial charge in [0.05, 0.1) is 12.6 Å². The molecule has 0 aliphatic heterocycles. The lowest BCUT2D eigenvalue weighted by atomic mass is 10.0. The predicted molar refractivity (Wildman–Crippen MR) is 49.9 cm³/mol. The van der Waals surface area contributed by atoms with Crippen molar-refractivity contribution >= 4 is 0 Å². The molecule has 1 unspecified atom stereocenters. The Morgan fingerprint density at radius 3 is 2.50 bits per heavy atom. The third kappa shape index (κ3) is 1.84. The number of aliphatic hydroxyl groups is 1. The Morgan fingerprint density at radius 1 is 1.33 bits per heavy atom. The Kier molecular flexibility index (Phi) is 2.84. The lowest BCUT2D eigenvalue weighted by Crippen LogP contribution is -2.14. The zero-order valence-electron chi connectivity index (χ0n) is 7.54. The fourth-order valence-electron chi connectivity index (χ4n) is 1.10. The van der Waals surface area contributed by atoms with Crippen LogP contribution in [0.1, 0.15) is 22.7 Å². The first-order chi connectivity index (χ1) is 5.65. The van der Waals surface area contributed by atoms with Gasteiger partial charge in [-0.1, -0.05) is 18.2 Å². The number of rotatable bonds is 2. The van der Waals surface area contributed by atoms with E-state index < -0.39 is 0 Å². The van der Waals surface area contributed by atoms with Crippen LogP contribution >= 0.6 is 0 Å². The zero-order valence-corrected chi connectivity index (χ0v) is 7.54. The minimum Gasteiger partial charge on any atom is -0.394 e. The van der Waals surface area contributed by atoms with E-state index in [-0.39, 0.29) is 12.6 Å². The SMILES string of the molecule is Cc1ccc(C(N)CO)cc1C. The van der Waals surface area contributed by atoms with Gasteiger partial charge in [0.1, 0.15) is 0 Å². The van der Waals surface area contributed by atoms with E-state index in [1.807, 2.05) is 25.1 Å². The van der Waals surface area contributed by atoms with E-state index >= 15 is 0 Å². The van der Waals surface area contributed by atoms with Crippen molar-refractivity contribution in [2.75, 3.05) is 6.61 Å². The van der Waals surface area contributed by atoms with Gasteiger partial charge in [0.25, 0.3) is 0 Å². The molecule has 12 heavy (non-hydrogen) atoms. The minimum atomic E-state index is -0.246. The molecule has 0 radical (unpaired) electrons. The molecular formula is C10H15NO. The fourth-order valence-corrected chi connectivity index (χ4v) is 1.10. The molecular weight excluding hydrogens is 150 g/mol. The summed E-state index contributed by atoms with van der Waals surface area (Å²) in [5.74, 6) is 0. The molecule has 2 heteroatoms. The Morgan fingerprint density at radius 2 is 2.00 bits per heavy atom. The lowest BCUT2D eigenvalue weighted by molar-refractivity contribution is 0.268. The van der Waals surface area contributed by atoms with Crippen LogP contribution in [0.5, 0.6) is 0 Å². The van der Waals surface area contributed by atoms with Crippen molar-refractivity contribution in [3.05, 3.63) is 34.9 Å². The summed E-state index contributed by atoms with van der Waals surface area (Å²) < 4.78 is 0. The summed E-state index contributed by atoms with van der Waals surface area (Å²) in [6.45, 7) is 4.11. The maximum atomic E-state index is 8.82. The second-order valence-electron chi connectivity index (χ2n) is 3.13. The molecule has 0 amide bonds. The third-order valence-corrected chi connectivity index (χ3v) is 2.16. The molecule has 0 aromatic heterocycles. The average molecular weight is 165 g/mol. The molecule has 0 aliphatic carbocycles. The van der Waals surface area contributed by atoms with Crippen molar-refractivity contribution in [1.29, 1.82) is 0 Å². The summed E-state index contributed by atoms with van der Waals surface area (Å²) in [6, 6.07) is 5.77. The van der Waals surface area contributed by atoms with Crippen molar-refractivity contribution < 1.29 is 5.11 Å². The van der Waals surface area contributed by atoms with Crippen LogP contribution in [-0.2, 0) is 0 Å². The Hall–Kier alpha value is -0.860. The molecule has 0 saturated carbocycles. The molecule has 1 atom stereocenters. The van der Waals surface area contributed by atoms with Crippen LogP contribution in [0.25, 0.3) is 0 Å². The molecule has 3 N–H and O–H groups in total. The van der Waals surface area contributed by atoms with E-state index in [9.17, 15) is 0 Å². The smallest absolute Gasteiger partial charge is 0.0624 e. The average Bonchev–Trinajstić information content (AvgIpc) is 2.08. The summed E-state index contributed by atoms with van der Waals surface area (Å²) >= 11 is 0. The molecule has 1 aromatic rings. The maximum Gasteiger partial charge on any atom is 0.0624 e. The maximum absolute atomic E-state index is 8.82. The molecule has 0 fully saturated rings. The highest BCUT2D eigenvalue weighted by Gasteiger charge is 2.04. The molecule has 0 spiro atoms. The van der Waals surface area contributed by atoms with Gasteiger partial charge in [-0.05, 0) is 30.5 Å².